The summed E-state index contributed by atoms with van der Waals surface area (Å²) in [5.41, 5.74) is 7.19. The predicted molar refractivity (Wildman–Crippen MR) is 116 cm³/mol. The van der Waals surface area contributed by atoms with Crippen LogP contribution in [-0.2, 0) is 25.7 Å². The van der Waals surface area contributed by atoms with E-state index in [4.69, 9.17) is 23.9 Å². The number of para-hydroxylation sites is 1. The molecule has 2 rings (SSSR count). The fraction of sp³-hybridized carbons (Fsp3) is 0.381. The Hall–Kier alpha value is -1.95. The molecule has 5 heteroatoms. The second kappa shape index (κ2) is 9.12. The third-order valence-corrected chi connectivity index (χ3v) is 5.28. The molecule has 0 atom stereocenters. The SMILES string of the molecule is CCc1cc(N(N)C(=S)N(N)c2ccccc2)c(CC)c(CC)c1CC. The van der Waals surface area contributed by atoms with Gasteiger partial charge < -0.3 is 0 Å². The molecule has 0 saturated carbocycles. The third kappa shape index (κ3) is 3.90. The Labute approximate surface area is 162 Å². The van der Waals surface area contributed by atoms with Crippen LogP contribution in [0.15, 0.2) is 36.4 Å². The lowest BCUT2D eigenvalue weighted by atomic mass is 9.89. The van der Waals surface area contributed by atoms with Gasteiger partial charge in [-0.15, -0.1) is 0 Å². The molecule has 4 nitrogen and oxygen atoms in total. The number of hydrogen-bond donors (Lipinski definition) is 2. The lowest BCUT2D eigenvalue weighted by Crippen LogP contribution is -2.51. The third-order valence-electron chi connectivity index (χ3n) is 4.88. The first-order valence-corrected chi connectivity index (χ1v) is 9.75. The van der Waals surface area contributed by atoms with Crippen molar-refractivity contribution in [2.75, 3.05) is 10.0 Å². The first-order valence-electron chi connectivity index (χ1n) is 9.35. The van der Waals surface area contributed by atoms with Crippen LogP contribution in [0.1, 0.15) is 49.9 Å². The maximum Gasteiger partial charge on any atom is 0.209 e. The standard InChI is InChI=1S/C21H30N4S/c1-5-15-14-20(19(8-4)18(7-3)17(15)6-2)25(23)21(26)24(22)16-12-10-9-11-13-16/h9-14H,5-8,22-23H2,1-4H3. The van der Waals surface area contributed by atoms with Crippen LogP contribution in [0.4, 0.5) is 11.4 Å². The molecule has 0 unspecified atom stereocenters. The van der Waals surface area contributed by atoms with Crippen LogP contribution in [0.3, 0.4) is 0 Å². The van der Waals surface area contributed by atoms with Gasteiger partial charge in [0.05, 0.1) is 11.4 Å². The number of benzene rings is 2. The molecule has 0 aliphatic rings. The summed E-state index contributed by atoms with van der Waals surface area (Å²) in [5.74, 6) is 12.7. The maximum absolute atomic E-state index is 6.46. The molecule has 0 spiro atoms. The molecule has 0 aromatic heterocycles. The fourth-order valence-corrected chi connectivity index (χ4v) is 3.78. The number of anilines is 2. The second-order valence-electron chi connectivity index (χ2n) is 6.26. The normalized spacial score (nSPS) is 10.7. The number of thiocarbonyl (C=S) groups is 1. The molecule has 0 radical (unpaired) electrons. The summed E-state index contributed by atoms with van der Waals surface area (Å²) in [7, 11) is 0. The Bertz CT molecular complexity index is 758. The van der Waals surface area contributed by atoms with Crippen LogP contribution in [0.25, 0.3) is 0 Å². The summed E-state index contributed by atoms with van der Waals surface area (Å²) in [6, 6.07) is 11.8. The summed E-state index contributed by atoms with van der Waals surface area (Å²) in [5, 5.41) is 3.39. The monoisotopic (exact) mass is 370 g/mol. The zero-order valence-electron chi connectivity index (χ0n) is 16.2. The molecule has 140 valence electrons. The van der Waals surface area contributed by atoms with Crippen molar-refractivity contribution in [3.63, 3.8) is 0 Å². The molecule has 0 aliphatic heterocycles. The molecule has 4 N–H and O–H groups in total. The van der Waals surface area contributed by atoms with Gasteiger partial charge in [0, 0.05) is 0 Å². The van der Waals surface area contributed by atoms with Crippen LogP contribution in [0.5, 0.6) is 0 Å². The Morgan fingerprint density at radius 3 is 1.88 bits per heavy atom. The summed E-state index contributed by atoms with van der Waals surface area (Å²) in [6.45, 7) is 8.77. The van der Waals surface area contributed by atoms with E-state index in [1.54, 1.807) is 5.01 Å². The van der Waals surface area contributed by atoms with Gasteiger partial charge in [-0.05, 0) is 78.4 Å². The van der Waals surface area contributed by atoms with E-state index >= 15 is 0 Å². The van der Waals surface area contributed by atoms with Gasteiger partial charge >= 0.3 is 0 Å². The van der Waals surface area contributed by atoms with Gasteiger partial charge in [-0.25, -0.2) is 11.7 Å². The van der Waals surface area contributed by atoms with Gasteiger partial charge in [-0.2, -0.15) is 0 Å². The van der Waals surface area contributed by atoms with Gasteiger partial charge in [0.15, 0.2) is 0 Å². The van der Waals surface area contributed by atoms with E-state index in [1.165, 1.54) is 27.3 Å². The Balaban J connectivity index is 2.50. The van der Waals surface area contributed by atoms with E-state index in [-0.39, 0.29) is 0 Å². The van der Waals surface area contributed by atoms with Gasteiger partial charge in [-0.3, -0.25) is 10.0 Å². The lowest BCUT2D eigenvalue weighted by Gasteiger charge is -2.30. The average molecular weight is 371 g/mol. The van der Waals surface area contributed by atoms with Crippen molar-refractivity contribution in [2.45, 2.75) is 53.4 Å². The van der Waals surface area contributed by atoms with E-state index < -0.39 is 0 Å². The predicted octanol–water partition coefficient (Wildman–Crippen LogP) is 4.28. The number of nitrogens with zero attached hydrogens (tertiary/aromatic N) is 2. The quantitative estimate of drug-likeness (QED) is 0.451. The van der Waals surface area contributed by atoms with Crippen LogP contribution in [0.2, 0.25) is 0 Å². The first-order chi connectivity index (χ1) is 12.5. The topological polar surface area (TPSA) is 58.5 Å². The molecule has 0 heterocycles. The van der Waals surface area contributed by atoms with Gasteiger partial charge in [0.2, 0.25) is 5.11 Å². The van der Waals surface area contributed by atoms with Crippen molar-refractivity contribution in [2.24, 2.45) is 11.7 Å². The number of hydrogen-bond acceptors (Lipinski definition) is 3. The van der Waals surface area contributed by atoms with Crippen molar-refractivity contribution in [3.05, 3.63) is 58.7 Å². The van der Waals surface area contributed by atoms with Gasteiger partial charge in [0.1, 0.15) is 0 Å². The van der Waals surface area contributed by atoms with Crippen LogP contribution in [0, 0.1) is 0 Å². The van der Waals surface area contributed by atoms with Gasteiger partial charge in [-0.1, -0.05) is 45.9 Å². The summed E-state index contributed by atoms with van der Waals surface area (Å²) in [4.78, 5) is 0. The zero-order chi connectivity index (χ0) is 19.3. The molecule has 0 amide bonds. The van der Waals surface area contributed by atoms with E-state index in [0.29, 0.717) is 5.11 Å². The van der Waals surface area contributed by atoms with Crippen molar-refractivity contribution in [1.29, 1.82) is 0 Å². The minimum Gasteiger partial charge on any atom is -0.253 e. The Morgan fingerprint density at radius 1 is 0.808 bits per heavy atom. The van der Waals surface area contributed by atoms with Crippen molar-refractivity contribution >= 4 is 28.7 Å². The number of hydrazine groups is 2. The van der Waals surface area contributed by atoms with E-state index in [0.717, 1.165) is 37.1 Å². The molecular formula is C21H30N4S. The molecule has 2 aromatic carbocycles. The number of rotatable bonds is 6. The first kappa shape index (κ1) is 20.4. The minimum absolute atomic E-state index is 0.374. The van der Waals surface area contributed by atoms with E-state index in [1.807, 2.05) is 30.3 Å². The molecule has 0 saturated heterocycles. The zero-order valence-corrected chi connectivity index (χ0v) is 17.1. The van der Waals surface area contributed by atoms with Crippen molar-refractivity contribution < 1.29 is 0 Å². The summed E-state index contributed by atoms with van der Waals surface area (Å²) in [6.07, 6.45) is 3.89. The van der Waals surface area contributed by atoms with Crippen LogP contribution >= 0.6 is 12.2 Å². The minimum atomic E-state index is 0.374. The van der Waals surface area contributed by atoms with E-state index in [9.17, 15) is 0 Å². The number of nitrogens with two attached hydrogens (primary N) is 2. The molecule has 26 heavy (non-hydrogen) atoms. The van der Waals surface area contributed by atoms with E-state index in [2.05, 4.69) is 33.8 Å². The highest BCUT2D eigenvalue weighted by atomic mass is 32.1. The Kier molecular flexibility index (Phi) is 7.14. The smallest absolute Gasteiger partial charge is 0.209 e. The highest BCUT2D eigenvalue weighted by Crippen LogP contribution is 2.31. The lowest BCUT2D eigenvalue weighted by molar-refractivity contribution is 0.929. The van der Waals surface area contributed by atoms with Crippen LogP contribution in [-0.4, -0.2) is 5.11 Å². The summed E-state index contributed by atoms with van der Waals surface area (Å²) < 4.78 is 0. The Morgan fingerprint density at radius 2 is 1.38 bits per heavy atom. The fourth-order valence-electron chi connectivity index (χ4n) is 3.58. The second-order valence-corrected chi connectivity index (χ2v) is 6.63. The largest absolute Gasteiger partial charge is 0.253 e. The van der Waals surface area contributed by atoms with Gasteiger partial charge in [0.25, 0.3) is 0 Å². The molecule has 0 aliphatic carbocycles. The maximum atomic E-state index is 6.46. The average Bonchev–Trinajstić information content (AvgIpc) is 2.70. The van der Waals surface area contributed by atoms with Crippen molar-refractivity contribution in [1.82, 2.24) is 0 Å². The molecule has 2 aromatic rings. The van der Waals surface area contributed by atoms with Crippen molar-refractivity contribution in [3.8, 4) is 0 Å². The molecule has 0 fully saturated rings. The number of aryl methyl sites for hydroxylation is 1. The highest BCUT2D eigenvalue weighted by Gasteiger charge is 2.21. The highest BCUT2D eigenvalue weighted by molar-refractivity contribution is 7.80. The van der Waals surface area contributed by atoms with Crippen LogP contribution < -0.4 is 21.7 Å². The molecule has 0 bridgehead atoms. The summed E-state index contributed by atoms with van der Waals surface area (Å²) >= 11 is 5.59. The molecular weight excluding hydrogens is 340 g/mol.